The molecule has 1 rings (SSSR count). The SMILES string of the molecule is CCOCc1nnc(CO)n1C(C)C. The van der Waals surface area contributed by atoms with E-state index in [1.165, 1.54) is 0 Å². The predicted octanol–water partition coefficient (Wildman–Crippen LogP) is 0.888. The summed E-state index contributed by atoms with van der Waals surface area (Å²) in [5.41, 5.74) is 0. The second kappa shape index (κ2) is 5.07. The molecule has 0 saturated carbocycles. The molecule has 0 amide bonds. The zero-order valence-electron chi connectivity index (χ0n) is 8.90. The molecular weight excluding hydrogens is 182 g/mol. The number of aliphatic hydroxyl groups excluding tert-OH is 1. The third kappa shape index (κ3) is 2.30. The first kappa shape index (κ1) is 11.1. The maximum absolute atomic E-state index is 9.04. The van der Waals surface area contributed by atoms with Crippen LogP contribution in [-0.2, 0) is 18.0 Å². The van der Waals surface area contributed by atoms with Crippen molar-refractivity contribution >= 4 is 0 Å². The number of nitrogens with zero attached hydrogens (tertiary/aromatic N) is 3. The molecule has 0 bridgehead atoms. The van der Waals surface area contributed by atoms with Gasteiger partial charge in [-0.15, -0.1) is 10.2 Å². The second-order valence-electron chi connectivity index (χ2n) is 3.29. The third-order valence-corrected chi connectivity index (χ3v) is 1.93. The first-order valence-electron chi connectivity index (χ1n) is 4.82. The fraction of sp³-hybridized carbons (Fsp3) is 0.778. The predicted molar refractivity (Wildman–Crippen MR) is 51.7 cm³/mol. The van der Waals surface area contributed by atoms with Crippen molar-refractivity contribution in [1.82, 2.24) is 14.8 Å². The van der Waals surface area contributed by atoms with Gasteiger partial charge in [0.15, 0.2) is 11.6 Å². The van der Waals surface area contributed by atoms with Gasteiger partial charge in [0.25, 0.3) is 0 Å². The van der Waals surface area contributed by atoms with Crippen LogP contribution in [0.25, 0.3) is 0 Å². The van der Waals surface area contributed by atoms with Crippen molar-refractivity contribution in [2.75, 3.05) is 6.61 Å². The van der Waals surface area contributed by atoms with E-state index in [9.17, 15) is 0 Å². The average molecular weight is 199 g/mol. The van der Waals surface area contributed by atoms with E-state index in [1.807, 2.05) is 25.3 Å². The molecule has 0 atom stereocenters. The van der Waals surface area contributed by atoms with E-state index in [4.69, 9.17) is 9.84 Å². The van der Waals surface area contributed by atoms with E-state index >= 15 is 0 Å². The zero-order chi connectivity index (χ0) is 10.6. The van der Waals surface area contributed by atoms with E-state index in [1.54, 1.807) is 0 Å². The van der Waals surface area contributed by atoms with Crippen LogP contribution in [0.1, 0.15) is 38.5 Å². The van der Waals surface area contributed by atoms with Crippen LogP contribution < -0.4 is 0 Å². The first-order valence-corrected chi connectivity index (χ1v) is 4.82. The molecule has 0 unspecified atom stereocenters. The lowest BCUT2D eigenvalue weighted by Gasteiger charge is -2.12. The lowest BCUT2D eigenvalue weighted by atomic mass is 10.3. The van der Waals surface area contributed by atoms with Crippen molar-refractivity contribution in [2.24, 2.45) is 0 Å². The first-order chi connectivity index (χ1) is 6.70. The topological polar surface area (TPSA) is 60.2 Å². The van der Waals surface area contributed by atoms with Gasteiger partial charge in [-0.3, -0.25) is 0 Å². The van der Waals surface area contributed by atoms with Crippen LogP contribution in [0.4, 0.5) is 0 Å². The molecule has 5 heteroatoms. The Hall–Kier alpha value is -0.940. The molecular formula is C9H17N3O2. The van der Waals surface area contributed by atoms with E-state index in [-0.39, 0.29) is 12.6 Å². The fourth-order valence-electron chi connectivity index (χ4n) is 1.36. The summed E-state index contributed by atoms with van der Waals surface area (Å²) >= 11 is 0. The Morgan fingerprint density at radius 2 is 2.00 bits per heavy atom. The van der Waals surface area contributed by atoms with Gasteiger partial charge in [-0.05, 0) is 20.8 Å². The molecule has 0 aliphatic heterocycles. The monoisotopic (exact) mass is 199 g/mol. The Bertz CT molecular complexity index is 284. The van der Waals surface area contributed by atoms with Gasteiger partial charge in [0.05, 0.1) is 0 Å². The van der Waals surface area contributed by atoms with Crippen molar-refractivity contribution in [1.29, 1.82) is 0 Å². The van der Waals surface area contributed by atoms with Gasteiger partial charge in [-0.1, -0.05) is 0 Å². The molecule has 0 aliphatic carbocycles. The van der Waals surface area contributed by atoms with Crippen LogP contribution >= 0.6 is 0 Å². The minimum absolute atomic E-state index is 0.0860. The molecule has 0 fully saturated rings. The van der Waals surface area contributed by atoms with E-state index in [0.717, 1.165) is 5.82 Å². The molecule has 1 aromatic rings. The largest absolute Gasteiger partial charge is 0.388 e. The lowest BCUT2D eigenvalue weighted by Crippen LogP contribution is -2.11. The number of aliphatic hydroxyl groups is 1. The molecule has 0 saturated heterocycles. The maximum atomic E-state index is 9.04. The van der Waals surface area contributed by atoms with Crippen LogP contribution in [0.5, 0.6) is 0 Å². The Kier molecular flexibility index (Phi) is 4.03. The van der Waals surface area contributed by atoms with Crippen molar-refractivity contribution in [3.63, 3.8) is 0 Å². The van der Waals surface area contributed by atoms with Crippen molar-refractivity contribution < 1.29 is 9.84 Å². The highest BCUT2D eigenvalue weighted by atomic mass is 16.5. The van der Waals surface area contributed by atoms with Gasteiger partial charge in [0, 0.05) is 12.6 Å². The number of hydrogen-bond donors (Lipinski definition) is 1. The molecule has 1 N–H and O–H groups in total. The number of hydrogen-bond acceptors (Lipinski definition) is 4. The van der Waals surface area contributed by atoms with Gasteiger partial charge < -0.3 is 14.4 Å². The van der Waals surface area contributed by atoms with Crippen molar-refractivity contribution in [2.45, 2.75) is 40.0 Å². The van der Waals surface area contributed by atoms with Crippen LogP contribution in [0.3, 0.4) is 0 Å². The summed E-state index contributed by atoms with van der Waals surface area (Å²) < 4.78 is 7.16. The standard InChI is InChI=1S/C9H17N3O2/c1-4-14-6-9-11-10-8(5-13)12(9)7(2)3/h7,13H,4-6H2,1-3H3. The minimum atomic E-state index is -0.0860. The van der Waals surface area contributed by atoms with Crippen LogP contribution in [-0.4, -0.2) is 26.5 Å². The number of rotatable bonds is 5. The average Bonchev–Trinajstić information content (AvgIpc) is 2.57. The number of aromatic nitrogens is 3. The second-order valence-corrected chi connectivity index (χ2v) is 3.29. The quantitative estimate of drug-likeness (QED) is 0.765. The van der Waals surface area contributed by atoms with E-state index in [2.05, 4.69) is 10.2 Å². The zero-order valence-corrected chi connectivity index (χ0v) is 8.90. The molecule has 0 aliphatic rings. The Morgan fingerprint density at radius 3 is 2.50 bits per heavy atom. The van der Waals surface area contributed by atoms with Gasteiger partial charge in [0.1, 0.15) is 13.2 Å². The molecule has 80 valence electrons. The smallest absolute Gasteiger partial charge is 0.159 e. The fourth-order valence-corrected chi connectivity index (χ4v) is 1.36. The molecule has 0 spiro atoms. The van der Waals surface area contributed by atoms with Gasteiger partial charge in [-0.2, -0.15) is 0 Å². The van der Waals surface area contributed by atoms with Crippen LogP contribution in [0, 0.1) is 0 Å². The summed E-state index contributed by atoms with van der Waals surface area (Å²) in [5, 5.41) is 16.9. The Balaban J connectivity index is 2.87. The normalized spacial score (nSPS) is 11.2. The van der Waals surface area contributed by atoms with Crippen LogP contribution in [0.2, 0.25) is 0 Å². The molecule has 1 heterocycles. The summed E-state index contributed by atoms with van der Waals surface area (Å²) in [5.74, 6) is 1.36. The summed E-state index contributed by atoms with van der Waals surface area (Å²) in [6.45, 7) is 7.00. The summed E-state index contributed by atoms with van der Waals surface area (Å²) in [6.07, 6.45) is 0. The third-order valence-electron chi connectivity index (χ3n) is 1.93. The summed E-state index contributed by atoms with van der Waals surface area (Å²) in [7, 11) is 0. The molecule has 0 aromatic carbocycles. The Morgan fingerprint density at radius 1 is 1.36 bits per heavy atom. The summed E-state index contributed by atoms with van der Waals surface area (Å²) in [4.78, 5) is 0. The summed E-state index contributed by atoms with van der Waals surface area (Å²) in [6, 6.07) is 0.239. The Labute approximate surface area is 83.7 Å². The van der Waals surface area contributed by atoms with Gasteiger partial charge in [0.2, 0.25) is 0 Å². The highest BCUT2D eigenvalue weighted by Gasteiger charge is 2.13. The van der Waals surface area contributed by atoms with Crippen LogP contribution in [0.15, 0.2) is 0 Å². The van der Waals surface area contributed by atoms with Gasteiger partial charge >= 0.3 is 0 Å². The molecule has 14 heavy (non-hydrogen) atoms. The van der Waals surface area contributed by atoms with Gasteiger partial charge in [-0.25, -0.2) is 0 Å². The number of ether oxygens (including phenoxy) is 1. The molecule has 0 radical (unpaired) electrons. The van der Waals surface area contributed by atoms with Crippen molar-refractivity contribution in [3.05, 3.63) is 11.6 Å². The maximum Gasteiger partial charge on any atom is 0.159 e. The lowest BCUT2D eigenvalue weighted by molar-refractivity contribution is 0.124. The molecule has 5 nitrogen and oxygen atoms in total. The highest BCUT2D eigenvalue weighted by Crippen LogP contribution is 2.12. The highest BCUT2D eigenvalue weighted by molar-refractivity contribution is 4.95. The van der Waals surface area contributed by atoms with Crippen molar-refractivity contribution in [3.8, 4) is 0 Å². The minimum Gasteiger partial charge on any atom is -0.388 e. The van der Waals surface area contributed by atoms with E-state index in [0.29, 0.717) is 19.0 Å². The van der Waals surface area contributed by atoms with E-state index < -0.39 is 0 Å². The molecule has 1 aromatic heterocycles.